The highest BCUT2D eigenvalue weighted by molar-refractivity contribution is 7.80. The van der Waals surface area contributed by atoms with E-state index in [4.69, 9.17) is 33.9 Å². The Morgan fingerprint density at radius 1 is 1.20 bits per heavy atom. The van der Waals surface area contributed by atoms with Crippen molar-refractivity contribution in [3.05, 3.63) is 24.3 Å². The standard InChI is InChI=1S/C16H25N5O2S2/c1-22-14-5-2-4-13(12-14)18-16(25)20-19-15(24)17-6-3-7-21-8-10-23-11-9-21/h2,4-5,12H,3,6-11H2,1H3,(H2,17,19,24)(H2,18,20,25). The van der Waals surface area contributed by atoms with Crippen LogP contribution in [0.25, 0.3) is 0 Å². The number of rotatable bonds is 6. The number of thiocarbonyl (C=S) groups is 2. The molecule has 1 heterocycles. The Kier molecular flexibility index (Phi) is 8.67. The minimum atomic E-state index is 0.422. The first kappa shape index (κ1) is 19.6. The molecule has 0 amide bonds. The molecule has 138 valence electrons. The van der Waals surface area contributed by atoms with Crippen LogP contribution in [0.2, 0.25) is 0 Å². The quantitative estimate of drug-likeness (QED) is 0.328. The van der Waals surface area contributed by atoms with Gasteiger partial charge in [0, 0.05) is 31.4 Å². The number of methoxy groups -OCH3 is 1. The van der Waals surface area contributed by atoms with Gasteiger partial charge in [-0.1, -0.05) is 6.07 Å². The maximum absolute atomic E-state index is 5.33. The van der Waals surface area contributed by atoms with E-state index in [0.717, 1.165) is 57.3 Å². The Bertz CT molecular complexity index is 567. The van der Waals surface area contributed by atoms with E-state index in [-0.39, 0.29) is 0 Å². The van der Waals surface area contributed by atoms with Gasteiger partial charge in [-0.25, -0.2) is 0 Å². The average molecular weight is 384 g/mol. The highest BCUT2D eigenvalue weighted by Gasteiger charge is 2.09. The fraction of sp³-hybridized carbons (Fsp3) is 0.500. The molecule has 0 saturated carbocycles. The third kappa shape index (κ3) is 7.82. The van der Waals surface area contributed by atoms with Crippen molar-refractivity contribution in [2.45, 2.75) is 6.42 Å². The van der Waals surface area contributed by atoms with E-state index in [1.165, 1.54) is 0 Å². The zero-order valence-corrected chi connectivity index (χ0v) is 16.0. The minimum Gasteiger partial charge on any atom is -0.497 e. The van der Waals surface area contributed by atoms with Crippen LogP contribution in [0.4, 0.5) is 5.69 Å². The summed E-state index contributed by atoms with van der Waals surface area (Å²) in [5.41, 5.74) is 6.57. The highest BCUT2D eigenvalue weighted by atomic mass is 32.1. The van der Waals surface area contributed by atoms with Gasteiger partial charge < -0.3 is 20.1 Å². The number of benzene rings is 1. The Morgan fingerprint density at radius 2 is 1.96 bits per heavy atom. The first-order chi connectivity index (χ1) is 12.2. The number of hydrogen-bond acceptors (Lipinski definition) is 5. The Balaban J connectivity index is 1.56. The summed E-state index contributed by atoms with van der Waals surface area (Å²) in [4.78, 5) is 2.40. The largest absolute Gasteiger partial charge is 0.497 e. The number of nitrogens with zero attached hydrogens (tertiary/aromatic N) is 1. The van der Waals surface area contributed by atoms with Gasteiger partial charge in [-0.15, -0.1) is 0 Å². The van der Waals surface area contributed by atoms with Crippen molar-refractivity contribution in [1.82, 2.24) is 21.1 Å². The predicted molar refractivity (Wildman–Crippen MR) is 108 cm³/mol. The predicted octanol–water partition coefficient (Wildman–Crippen LogP) is 1.08. The first-order valence-electron chi connectivity index (χ1n) is 8.22. The van der Waals surface area contributed by atoms with E-state index in [9.17, 15) is 0 Å². The second kappa shape index (κ2) is 11.0. The SMILES string of the molecule is COc1cccc(NC(=S)NNC(=S)NCCCN2CCOCC2)c1. The summed E-state index contributed by atoms with van der Waals surface area (Å²) >= 11 is 10.4. The summed E-state index contributed by atoms with van der Waals surface area (Å²) in [6.07, 6.45) is 1.02. The molecule has 0 radical (unpaired) electrons. The van der Waals surface area contributed by atoms with Crippen LogP contribution in [-0.4, -0.2) is 61.6 Å². The lowest BCUT2D eigenvalue weighted by atomic mass is 10.3. The van der Waals surface area contributed by atoms with Crippen molar-refractivity contribution in [2.75, 3.05) is 51.8 Å². The number of ether oxygens (including phenoxy) is 2. The van der Waals surface area contributed by atoms with Crippen molar-refractivity contribution in [2.24, 2.45) is 0 Å². The maximum Gasteiger partial charge on any atom is 0.189 e. The Hall–Kier alpha value is -1.68. The number of morpholine rings is 1. The second-order valence-corrected chi connectivity index (χ2v) is 6.32. The number of anilines is 1. The molecule has 9 heteroatoms. The second-order valence-electron chi connectivity index (χ2n) is 5.50. The van der Waals surface area contributed by atoms with E-state index in [0.29, 0.717) is 10.2 Å². The number of hydrogen-bond donors (Lipinski definition) is 4. The van der Waals surface area contributed by atoms with Crippen LogP contribution in [0.15, 0.2) is 24.3 Å². The molecule has 0 bridgehead atoms. The minimum absolute atomic E-state index is 0.422. The molecule has 1 saturated heterocycles. The summed E-state index contributed by atoms with van der Waals surface area (Å²) in [6, 6.07) is 7.52. The third-order valence-electron chi connectivity index (χ3n) is 3.66. The molecule has 0 aromatic heterocycles. The molecule has 2 rings (SSSR count). The molecule has 1 aromatic rings. The summed E-state index contributed by atoms with van der Waals surface area (Å²) in [6.45, 7) is 5.52. The van der Waals surface area contributed by atoms with Crippen LogP contribution in [0, 0.1) is 0 Å². The van der Waals surface area contributed by atoms with E-state index >= 15 is 0 Å². The molecule has 0 aliphatic carbocycles. The number of hydrazine groups is 1. The lowest BCUT2D eigenvalue weighted by Crippen LogP contribution is -2.48. The van der Waals surface area contributed by atoms with Gasteiger partial charge in [0.05, 0.1) is 20.3 Å². The van der Waals surface area contributed by atoms with Crippen molar-refractivity contribution in [1.29, 1.82) is 0 Å². The number of nitrogens with one attached hydrogen (secondary N) is 4. The van der Waals surface area contributed by atoms with Gasteiger partial charge in [-0.2, -0.15) is 0 Å². The normalized spacial score (nSPS) is 14.4. The maximum atomic E-state index is 5.33. The van der Waals surface area contributed by atoms with E-state index in [1.807, 2.05) is 24.3 Å². The zero-order valence-electron chi connectivity index (χ0n) is 14.3. The first-order valence-corrected chi connectivity index (χ1v) is 9.04. The van der Waals surface area contributed by atoms with Crippen LogP contribution in [0.1, 0.15) is 6.42 Å². The van der Waals surface area contributed by atoms with E-state index in [2.05, 4.69) is 26.4 Å². The average Bonchev–Trinajstić information content (AvgIpc) is 2.64. The molecule has 0 unspecified atom stereocenters. The van der Waals surface area contributed by atoms with E-state index < -0.39 is 0 Å². The Labute approximate surface area is 159 Å². The van der Waals surface area contributed by atoms with Gasteiger partial charge in [0.15, 0.2) is 10.2 Å². The van der Waals surface area contributed by atoms with Gasteiger partial charge in [-0.05, 0) is 49.5 Å². The molecule has 7 nitrogen and oxygen atoms in total. The molecule has 25 heavy (non-hydrogen) atoms. The van der Waals surface area contributed by atoms with Crippen LogP contribution < -0.4 is 26.2 Å². The molecule has 1 aliphatic rings. The highest BCUT2D eigenvalue weighted by Crippen LogP contribution is 2.16. The molecule has 4 N–H and O–H groups in total. The summed E-state index contributed by atoms with van der Waals surface area (Å²) in [5.74, 6) is 0.762. The van der Waals surface area contributed by atoms with Crippen molar-refractivity contribution < 1.29 is 9.47 Å². The summed E-state index contributed by atoms with van der Waals surface area (Å²) in [5, 5.41) is 7.14. The van der Waals surface area contributed by atoms with Gasteiger partial charge in [0.2, 0.25) is 0 Å². The lowest BCUT2D eigenvalue weighted by Gasteiger charge is -2.26. The van der Waals surface area contributed by atoms with Gasteiger partial charge >= 0.3 is 0 Å². The zero-order chi connectivity index (χ0) is 17.9. The molecule has 0 atom stereocenters. The summed E-state index contributed by atoms with van der Waals surface area (Å²) < 4.78 is 10.5. The molecular formula is C16H25N5O2S2. The smallest absolute Gasteiger partial charge is 0.189 e. The third-order valence-corrected chi connectivity index (χ3v) is 4.11. The van der Waals surface area contributed by atoms with Gasteiger partial charge in [-0.3, -0.25) is 15.8 Å². The van der Waals surface area contributed by atoms with Crippen molar-refractivity contribution in [3.63, 3.8) is 0 Å². The topological polar surface area (TPSA) is 69.8 Å². The molecule has 1 fully saturated rings. The molecule has 1 aliphatic heterocycles. The van der Waals surface area contributed by atoms with Crippen LogP contribution in [-0.2, 0) is 4.74 Å². The lowest BCUT2D eigenvalue weighted by molar-refractivity contribution is 0.0376. The van der Waals surface area contributed by atoms with Crippen LogP contribution >= 0.6 is 24.4 Å². The van der Waals surface area contributed by atoms with Crippen LogP contribution in [0.3, 0.4) is 0 Å². The van der Waals surface area contributed by atoms with E-state index in [1.54, 1.807) is 7.11 Å². The van der Waals surface area contributed by atoms with Gasteiger partial charge in [0.25, 0.3) is 0 Å². The van der Waals surface area contributed by atoms with Gasteiger partial charge in [0.1, 0.15) is 5.75 Å². The fourth-order valence-electron chi connectivity index (χ4n) is 2.35. The van der Waals surface area contributed by atoms with Crippen LogP contribution in [0.5, 0.6) is 5.75 Å². The van der Waals surface area contributed by atoms with Crippen molar-refractivity contribution >= 4 is 40.3 Å². The van der Waals surface area contributed by atoms with Crippen molar-refractivity contribution in [3.8, 4) is 5.75 Å². The Morgan fingerprint density at radius 3 is 2.72 bits per heavy atom. The monoisotopic (exact) mass is 383 g/mol. The molecule has 0 spiro atoms. The molecular weight excluding hydrogens is 358 g/mol. The molecule has 1 aromatic carbocycles. The fourth-order valence-corrected chi connectivity index (χ4v) is 2.67. The summed E-state index contributed by atoms with van der Waals surface area (Å²) in [7, 11) is 1.63.